The molecule has 1 aromatic carbocycles. The largest absolute Gasteiger partial charge is 0.481 e. The summed E-state index contributed by atoms with van der Waals surface area (Å²) in [4.78, 5) is 13.6. The third-order valence-corrected chi connectivity index (χ3v) is 3.85. The molecular weight excluding hydrogens is 260 g/mol. The van der Waals surface area contributed by atoms with Crippen molar-refractivity contribution in [3.05, 3.63) is 35.9 Å². The Kier molecular flexibility index (Phi) is 4.50. The van der Waals surface area contributed by atoms with Gasteiger partial charge in [0.15, 0.2) is 0 Å². The Morgan fingerprint density at radius 2 is 1.89 bits per heavy atom. The number of thiocarbonyl (C=S) groups is 1. The molecule has 1 fully saturated rings. The zero-order valence-electron chi connectivity index (χ0n) is 10.7. The number of carboxylic acid groups (broad SMARTS) is 1. The minimum absolute atomic E-state index is 0.0917. The van der Waals surface area contributed by atoms with Gasteiger partial charge in [0.05, 0.1) is 16.9 Å². The third kappa shape index (κ3) is 3.30. The Hall–Kier alpha value is -1.46. The van der Waals surface area contributed by atoms with E-state index in [4.69, 9.17) is 23.1 Å². The van der Waals surface area contributed by atoms with Crippen LogP contribution in [-0.4, -0.2) is 34.1 Å². The van der Waals surface area contributed by atoms with Crippen molar-refractivity contribution in [1.82, 2.24) is 4.90 Å². The Morgan fingerprint density at radius 3 is 2.37 bits per heavy atom. The molecule has 0 aromatic heterocycles. The number of likely N-dealkylation sites (tertiary alicyclic amines) is 1. The van der Waals surface area contributed by atoms with Crippen molar-refractivity contribution in [1.29, 1.82) is 0 Å². The molecule has 19 heavy (non-hydrogen) atoms. The summed E-state index contributed by atoms with van der Waals surface area (Å²) in [6.07, 6.45) is 1.31. The Labute approximate surface area is 118 Å². The lowest BCUT2D eigenvalue weighted by Gasteiger charge is -2.36. The second-order valence-electron chi connectivity index (χ2n) is 4.86. The van der Waals surface area contributed by atoms with Gasteiger partial charge < -0.3 is 10.8 Å². The fourth-order valence-electron chi connectivity index (χ4n) is 2.59. The van der Waals surface area contributed by atoms with Gasteiger partial charge >= 0.3 is 5.97 Å². The van der Waals surface area contributed by atoms with Crippen LogP contribution in [0.5, 0.6) is 0 Å². The molecule has 102 valence electrons. The molecule has 1 aliphatic heterocycles. The molecule has 2 rings (SSSR count). The first-order valence-electron chi connectivity index (χ1n) is 6.40. The van der Waals surface area contributed by atoms with Crippen LogP contribution in [0.25, 0.3) is 0 Å². The average Bonchev–Trinajstić information content (AvgIpc) is 2.40. The highest BCUT2D eigenvalue weighted by molar-refractivity contribution is 7.80. The topological polar surface area (TPSA) is 66.6 Å². The van der Waals surface area contributed by atoms with Gasteiger partial charge in [-0.3, -0.25) is 9.69 Å². The maximum atomic E-state index is 11.0. The summed E-state index contributed by atoms with van der Waals surface area (Å²) in [6, 6.07) is 9.80. The van der Waals surface area contributed by atoms with Crippen LogP contribution in [0, 0.1) is 5.92 Å². The number of hydrogen-bond acceptors (Lipinski definition) is 3. The monoisotopic (exact) mass is 278 g/mol. The molecule has 1 aromatic rings. The van der Waals surface area contributed by atoms with Crippen LogP contribution >= 0.6 is 12.2 Å². The summed E-state index contributed by atoms with van der Waals surface area (Å²) in [5.74, 6) is -0.940. The molecule has 5 heteroatoms. The number of benzene rings is 1. The van der Waals surface area contributed by atoms with Crippen molar-refractivity contribution in [3.63, 3.8) is 0 Å². The van der Waals surface area contributed by atoms with E-state index in [-0.39, 0.29) is 12.0 Å². The number of piperidine rings is 1. The van der Waals surface area contributed by atoms with Crippen molar-refractivity contribution in [2.75, 3.05) is 13.1 Å². The van der Waals surface area contributed by atoms with Gasteiger partial charge in [-0.2, -0.15) is 0 Å². The van der Waals surface area contributed by atoms with E-state index in [1.807, 2.05) is 30.3 Å². The quantitative estimate of drug-likeness (QED) is 0.822. The maximum Gasteiger partial charge on any atom is 0.306 e. The van der Waals surface area contributed by atoms with E-state index < -0.39 is 5.97 Å². The number of hydrogen-bond donors (Lipinski definition) is 2. The smallest absolute Gasteiger partial charge is 0.306 e. The molecular formula is C14H18N2O2S. The van der Waals surface area contributed by atoms with E-state index in [1.165, 1.54) is 0 Å². The molecule has 0 aliphatic carbocycles. The summed E-state index contributed by atoms with van der Waals surface area (Å²) < 4.78 is 0. The molecule has 0 radical (unpaired) electrons. The number of aliphatic carboxylic acids is 1. The van der Waals surface area contributed by atoms with Crippen LogP contribution in [0.3, 0.4) is 0 Å². The van der Waals surface area contributed by atoms with E-state index >= 15 is 0 Å². The molecule has 0 saturated carbocycles. The van der Waals surface area contributed by atoms with Crippen molar-refractivity contribution in [2.45, 2.75) is 18.9 Å². The van der Waals surface area contributed by atoms with Crippen LogP contribution in [-0.2, 0) is 4.79 Å². The van der Waals surface area contributed by atoms with E-state index in [0.717, 1.165) is 5.56 Å². The first-order chi connectivity index (χ1) is 9.09. The molecule has 1 atom stereocenters. The fraction of sp³-hybridized carbons (Fsp3) is 0.429. The van der Waals surface area contributed by atoms with Crippen LogP contribution in [0.4, 0.5) is 0 Å². The van der Waals surface area contributed by atoms with Gasteiger partial charge in [-0.25, -0.2) is 0 Å². The lowest BCUT2D eigenvalue weighted by molar-refractivity contribution is -0.143. The van der Waals surface area contributed by atoms with Gasteiger partial charge in [0.1, 0.15) is 0 Å². The molecule has 0 bridgehead atoms. The highest BCUT2D eigenvalue weighted by Crippen LogP contribution is 2.27. The lowest BCUT2D eigenvalue weighted by atomic mass is 9.94. The zero-order valence-corrected chi connectivity index (χ0v) is 11.5. The van der Waals surface area contributed by atoms with Crippen LogP contribution in [0.2, 0.25) is 0 Å². The summed E-state index contributed by atoms with van der Waals surface area (Å²) in [6.45, 7) is 1.43. The van der Waals surface area contributed by atoms with Crippen LogP contribution in [0.15, 0.2) is 30.3 Å². The molecule has 1 aliphatic rings. The highest BCUT2D eigenvalue weighted by Gasteiger charge is 2.30. The molecule has 4 nitrogen and oxygen atoms in total. The standard InChI is InChI=1S/C14H18N2O2S/c15-13(19)12(10-4-2-1-3-5-10)16-8-6-11(7-9-16)14(17)18/h1-5,11-12H,6-9H2,(H2,15,19)(H,17,18). The number of nitrogens with zero attached hydrogens (tertiary/aromatic N) is 1. The molecule has 1 heterocycles. The molecule has 3 N–H and O–H groups in total. The van der Waals surface area contributed by atoms with Gasteiger partial charge in [-0.15, -0.1) is 0 Å². The summed E-state index contributed by atoms with van der Waals surface area (Å²) in [5, 5.41) is 9.02. The average molecular weight is 278 g/mol. The Balaban J connectivity index is 2.10. The third-order valence-electron chi connectivity index (χ3n) is 3.63. The van der Waals surface area contributed by atoms with E-state index in [1.54, 1.807) is 0 Å². The van der Waals surface area contributed by atoms with E-state index in [0.29, 0.717) is 30.9 Å². The number of carboxylic acids is 1. The number of carbonyl (C=O) groups is 1. The lowest BCUT2D eigenvalue weighted by Crippen LogP contribution is -2.43. The predicted octanol–water partition coefficient (Wildman–Crippen LogP) is 1.81. The molecule has 1 unspecified atom stereocenters. The van der Waals surface area contributed by atoms with Crippen molar-refractivity contribution in [2.24, 2.45) is 11.7 Å². The van der Waals surface area contributed by atoms with E-state index in [9.17, 15) is 4.79 Å². The Bertz CT molecular complexity index is 456. The van der Waals surface area contributed by atoms with Crippen molar-refractivity contribution < 1.29 is 9.90 Å². The second kappa shape index (κ2) is 6.12. The van der Waals surface area contributed by atoms with Crippen molar-refractivity contribution >= 4 is 23.2 Å². The normalized spacial score (nSPS) is 18.9. The second-order valence-corrected chi connectivity index (χ2v) is 5.34. The predicted molar refractivity (Wildman–Crippen MR) is 77.9 cm³/mol. The summed E-state index contributed by atoms with van der Waals surface area (Å²) >= 11 is 5.18. The van der Waals surface area contributed by atoms with Gasteiger partial charge in [-0.1, -0.05) is 42.5 Å². The summed E-state index contributed by atoms with van der Waals surface area (Å²) in [7, 11) is 0. The van der Waals surface area contributed by atoms with Gasteiger partial charge in [0.25, 0.3) is 0 Å². The molecule has 0 amide bonds. The number of rotatable bonds is 4. The molecule has 0 spiro atoms. The minimum atomic E-state index is -0.703. The SMILES string of the molecule is NC(=S)C(c1ccccc1)N1CCC(C(=O)O)CC1. The van der Waals surface area contributed by atoms with Crippen molar-refractivity contribution in [3.8, 4) is 0 Å². The first kappa shape index (κ1) is 14.0. The van der Waals surface area contributed by atoms with Crippen LogP contribution in [0.1, 0.15) is 24.4 Å². The molecule has 1 saturated heterocycles. The van der Waals surface area contributed by atoms with Gasteiger partial charge in [0.2, 0.25) is 0 Å². The Morgan fingerprint density at radius 1 is 1.32 bits per heavy atom. The van der Waals surface area contributed by atoms with Crippen LogP contribution < -0.4 is 5.73 Å². The van der Waals surface area contributed by atoms with Gasteiger partial charge in [0, 0.05) is 0 Å². The zero-order chi connectivity index (χ0) is 13.8. The summed E-state index contributed by atoms with van der Waals surface area (Å²) in [5.41, 5.74) is 6.94. The maximum absolute atomic E-state index is 11.0. The fourth-order valence-corrected chi connectivity index (χ4v) is 2.88. The minimum Gasteiger partial charge on any atom is -0.481 e. The first-order valence-corrected chi connectivity index (χ1v) is 6.81. The van der Waals surface area contributed by atoms with E-state index in [2.05, 4.69) is 4.90 Å². The van der Waals surface area contributed by atoms with Gasteiger partial charge in [-0.05, 0) is 31.5 Å². The number of nitrogens with two attached hydrogens (primary N) is 1. The highest BCUT2D eigenvalue weighted by atomic mass is 32.1.